The summed E-state index contributed by atoms with van der Waals surface area (Å²) >= 11 is 0. The molecule has 0 aliphatic carbocycles. The number of amides is 1. The van der Waals surface area contributed by atoms with Crippen molar-refractivity contribution in [1.29, 1.82) is 0 Å². The molecule has 0 unspecified atom stereocenters. The summed E-state index contributed by atoms with van der Waals surface area (Å²) in [7, 11) is 1.88. The van der Waals surface area contributed by atoms with Gasteiger partial charge in [0.25, 0.3) is 0 Å². The number of ether oxygens (including phenoxy) is 1. The third-order valence-corrected chi connectivity index (χ3v) is 4.62. The van der Waals surface area contributed by atoms with E-state index in [1.165, 1.54) is 12.1 Å². The van der Waals surface area contributed by atoms with Gasteiger partial charge in [0.15, 0.2) is 0 Å². The van der Waals surface area contributed by atoms with Crippen LogP contribution in [-0.4, -0.2) is 55.0 Å². The lowest BCUT2D eigenvalue weighted by molar-refractivity contribution is -0.135. The molecule has 0 aromatic heterocycles. The molecule has 1 heterocycles. The van der Waals surface area contributed by atoms with Crippen molar-refractivity contribution in [1.82, 2.24) is 9.80 Å². The van der Waals surface area contributed by atoms with Gasteiger partial charge < -0.3 is 9.64 Å². The Morgan fingerprint density at radius 1 is 1.33 bits per heavy atom. The number of carbonyl (C=O) groups is 1. The van der Waals surface area contributed by atoms with Crippen molar-refractivity contribution in [2.75, 3.05) is 33.3 Å². The van der Waals surface area contributed by atoms with E-state index in [-0.39, 0.29) is 23.9 Å². The lowest BCUT2D eigenvalue weighted by Gasteiger charge is -2.34. The predicted octanol–water partition coefficient (Wildman–Crippen LogP) is 3.09. The maximum absolute atomic E-state index is 13.1. The topological polar surface area (TPSA) is 32.8 Å². The first-order valence-electron chi connectivity index (χ1n) is 8.72. The van der Waals surface area contributed by atoms with E-state index in [0.717, 1.165) is 18.5 Å². The Bertz CT molecular complexity index is 533. The average Bonchev–Trinajstić information content (AvgIpc) is 2.54. The fraction of sp³-hybridized carbons (Fsp3) is 0.632. The molecule has 2 rings (SSSR count). The third kappa shape index (κ3) is 5.28. The SMILES string of the molecule is CC(C)C[C@@H](C)N(C)C(=O)CN1CCO[C@H](c2ccc(F)cc2)C1. The number of morpholine rings is 1. The van der Waals surface area contributed by atoms with Gasteiger partial charge in [0.05, 0.1) is 19.3 Å². The summed E-state index contributed by atoms with van der Waals surface area (Å²) in [5.74, 6) is 0.465. The molecular formula is C19H29FN2O2. The monoisotopic (exact) mass is 336 g/mol. The van der Waals surface area contributed by atoms with E-state index in [1.807, 2.05) is 11.9 Å². The van der Waals surface area contributed by atoms with E-state index in [4.69, 9.17) is 4.74 Å². The van der Waals surface area contributed by atoms with Crippen molar-refractivity contribution in [2.45, 2.75) is 39.3 Å². The molecule has 5 heteroatoms. The van der Waals surface area contributed by atoms with Crippen molar-refractivity contribution in [3.8, 4) is 0 Å². The number of carbonyl (C=O) groups excluding carboxylic acids is 1. The van der Waals surface area contributed by atoms with E-state index in [1.54, 1.807) is 12.1 Å². The number of benzene rings is 1. The molecule has 0 spiro atoms. The number of hydrogen-bond donors (Lipinski definition) is 0. The summed E-state index contributed by atoms with van der Waals surface area (Å²) in [6.45, 7) is 8.83. The first kappa shape index (κ1) is 18.9. The lowest BCUT2D eigenvalue weighted by atomic mass is 10.0. The molecule has 1 aliphatic rings. The van der Waals surface area contributed by atoms with Crippen molar-refractivity contribution in [3.05, 3.63) is 35.6 Å². The molecule has 0 radical (unpaired) electrons. The second-order valence-corrected chi connectivity index (χ2v) is 7.13. The Hall–Kier alpha value is -1.46. The Balaban J connectivity index is 1.90. The summed E-state index contributed by atoms with van der Waals surface area (Å²) in [5.41, 5.74) is 0.954. The van der Waals surface area contributed by atoms with Gasteiger partial charge in [-0.05, 0) is 37.0 Å². The summed E-state index contributed by atoms with van der Waals surface area (Å²) in [5, 5.41) is 0. The Labute approximate surface area is 144 Å². The molecule has 1 amide bonds. The lowest BCUT2D eigenvalue weighted by Crippen LogP contribution is -2.46. The first-order chi connectivity index (χ1) is 11.4. The maximum atomic E-state index is 13.1. The van der Waals surface area contributed by atoms with Crippen LogP contribution in [-0.2, 0) is 9.53 Å². The van der Waals surface area contributed by atoms with Crippen LogP contribution in [0.2, 0.25) is 0 Å². The summed E-state index contributed by atoms with van der Waals surface area (Å²) in [6, 6.07) is 6.64. The minimum atomic E-state index is -0.248. The van der Waals surface area contributed by atoms with Crippen molar-refractivity contribution < 1.29 is 13.9 Å². The number of halogens is 1. The van der Waals surface area contributed by atoms with Crippen LogP contribution in [0.5, 0.6) is 0 Å². The van der Waals surface area contributed by atoms with Gasteiger partial charge in [0, 0.05) is 26.2 Å². The number of nitrogens with zero attached hydrogens (tertiary/aromatic N) is 2. The minimum Gasteiger partial charge on any atom is -0.371 e. The zero-order valence-corrected chi connectivity index (χ0v) is 15.2. The maximum Gasteiger partial charge on any atom is 0.236 e. The minimum absolute atomic E-state index is 0.106. The van der Waals surface area contributed by atoms with Crippen LogP contribution in [0.25, 0.3) is 0 Å². The zero-order valence-electron chi connectivity index (χ0n) is 15.2. The highest BCUT2D eigenvalue weighted by atomic mass is 19.1. The molecule has 0 saturated carbocycles. The van der Waals surface area contributed by atoms with Gasteiger partial charge in [-0.3, -0.25) is 9.69 Å². The van der Waals surface area contributed by atoms with Gasteiger partial charge in [0.2, 0.25) is 5.91 Å². The van der Waals surface area contributed by atoms with Crippen LogP contribution >= 0.6 is 0 Å². The van der Waals surface area contributed by atoms with Crippen molar-refractivity contribution in [3.63, 3.8) is 0 Å². The van der Waals surface area contributed by atoms with E-state index in [9.17, 15) is 9.18 Å². The molecule has 1 aliphatic heterocycles. The van der Waals surface area contributed by atoms with Crippen LogP contribution in [0.15, 0.2) is 24.3 Å². The standard InChI is InChI=1S/C19H29FN2O2/c1-14(2)11-15(3)21(4)19(23)13-22-9-10-24-18(12-22)16-5-7-17(20)8-6-16/h5-8,14-15,18H,9-13H2,1-4H3/t15-,18+/m1/s1. The van der Waals surface area contributed by atoms with Gasteiger partial charge >= 0.3 is 0 Å². The normalized spacial score (nSPS) is 20.2. The number of rotatable bonds is 6. The van der Waals surface area contributed by atoms with E-state index < -0.39 is 0 Å². The smallest absolute Gasteiger partial charge is 0.236 e. The van der Waals surface area contributed by atoms with E-state index >= 15 is 0 Å². The molecule has 2 atom stereocenters. The van der Waals surface area contributed by atoms with E-state index in [0.29, 0.717) is 25.6 Å². The van der Waals surface area contributed by atoms with Gasteiger partial charge in [-0.15, -0.1) is 0 Å². The quantitative estimate of drug-likeness (QED) is 0.800. The highest BCUT2D eigenvalue weighted by Crippen LogP contribution is 2.22. The molecule has 1 aromatic carbocycles. The fourth-order valence-corrected chi connectivity index (χ4v) is 3.11. The predicted molar refractivity (Wildman–Crippen MR) is 93.2 cm³/mol. The molecule has 4 nitrogen and oxygen atoms in total. The summed E-state index contributed by atoms with van der Waals surface area (Å²) in [6.07, 6.45) is 0.898. The second kappa shape index (κ2) is 8.58. The molecule has 134 valence electrons. The Morgan fingerprint density at radius 3 is 2.62 bits per heavy atom. The second-order valence-electron chi connectivity index (χ2n) is 7.13. The van der Waals surface area contributed by atoms with Gasteiger partial charge in [-0.25, -0.2) is 4.39 Å². The van der Waals surface area contributed by atoms with Gasteiger partial charge in [-0.2, -0.15) is 0 Å². The molecule has 0 N–H and O–H groups in total. The number of hydrogen-bond acceptors (Lipinski definition) is 3. The average molecular weight is 336 g/mol. The molecule has 1 saturated heterocycles. The highest BCUT2D eigenvalue weighted by molar-refractivity contribution is 5.78. The van der Waals surface area contributed by atoms with Crippen LogP contribution in [0.4, 0.5) is 4.39 Å². The third-order valence-electron chi connectivity index (χ3n) is 4.62. The van der Waals surface area contributed by atoms with Crippen LogP contribution in [0, 0.1) is 11.7 Å². The van der Waals surface area contributed by atoms with Gasteiger partial charge in [0.1, 0.15) is 5.82 Å². The van der Waals surface area contributed by atoms with Crippen LogP contribution < -0.4 is 0 Å². The summed E-state index contributed by atoms with van der Waals surface area (Å²) in [4.78, 5) is 16.5. The van der Waals surface area contributed by atoms with Crippen LogP contribution in [0.1, 0.15) is 38.9 Å². The molecule has 1 aromatic rings. The Kier molecular flexibility index (Phi) is 6.75. The van der Waals surface area contributed by atoms with Crippen molar-refractivity contribution in [2.24, 2.45) is 5.92 Å². The number of likely N-dealkylation sites (N-methyl/N-ethyl adjacent to an activating group) is 1. The molecular weight excluding hydrogens is 307 g/mol. The zero-order chi connectivity index (χ0) is 17.7. The van der Waals surface area contributed by atoms with Crippen LogP contribution in [0.3, 0.4) is 0 Å². The van der Waals surface area contributed by atoms with Gasteiger partial charge in [-0.1, -0.05) is 26.0 Å². The highest BCUT2D eigenvalue weighted by Gasteiger charge is 2.25. The summed E-state index contributed by atoms with van der Waals surface area (Å²) < 4.78 is 18.8. The Morgan fingerprint density at radius 2 is 2.00 bits per heavy atom. The largest absolute Gasteiger partial charge is 0.371 e. The first-order valence-corrected chi connectivity index (χ1v) is 8.72. The molecule has 24 heavy (non-hydrogen) atoms. The van der Waals surface area contributed by atoms with E-state index in [2.05, 4.69) is 25.7 Å². The molecule has 1 fully saturated rings. The fourth-order valence-electron chi connectivity index (χ4n) is 3.11. The van der Waals surface area contributed by atoms with Crippen molar-refractivity contribution >= 4 is 5.91 Å². The molecule has 0 bridgehead atoms.